The van der Waals surface area contributed by atoms with E-state index in [1.54, 1.807) is 14.2 Å². The van der Waals surface area contributed by atoms with Crippen LogP contribution in [0.4, 0.5) is 0 Å². The van der Waals surface area contributed by atoms with Crippen molar-refractivity contribution in [3.05, 3.63) is 47.5 Å². The molecule has 192 valence electrons. The summed E-state index contributed by atoms with van der Waals surface area (Å²) in [6.45, 7) is 4.53. The normalized spacial score (nSPS) is 10.6. The van der Waals surface area contributed by atoms with E-state index in [0.29, 0.717) is 0 Å². The van der Waals surface area contributed by atoms with Crippen LogP contribution >= 0.6 is 25.3 Å². The molecule has 0 bridgehead atoms. The Labute approximate surface area is 221 Å². The molecule has 2 aromatic rings. The predicted octanol–water partition coefficient (Wildman–Crippen LogP) is 10.1. The van der Waals surface area contributed by atoms with Crippen molar-refractivity contribution in [2.75, 3.05) is 14.2 Å². The van der Waals surface area contributed by atoms with Gasteiger partial charge in [-0.3, -0.25) is 0 Å². The molecule has 0 heterocycles. The van der Waals surface area contributed by atoms with Gasteiger partial charge in [0.25, 0.3) is 0 Å². The van der Waals surface area contributed by atoms with Gasteiger partial charge in [0.15, 0.2) is 0 Å². The fourth-order valence-electron chi connectivity index (χ4n) is 3.95. The Hall–Kier alpha value is -1.10. The molecule has 0 radical (unpaired) electrons. The van der Waals surface area contributed by atoms with Gasteiger partial charge >= 0.3 is 0 Å². The molecule has 0 aliphatic heterocycles. The average Bonchev–Trinajstić information content (AvgIpc) is 2.82. The Morgan fingerprint density at radius 2 is 0.912 bits per heavy atom. The second-order valence-electron chi connectivity index (χ2n) is 9.15. The molecule has 0 amide bonds. The van der Waals surface area contributed by atoms with Crippen LogP contribution in [0, 0.1) is 0 Å². The van der Waals surface area contributed by atoms with Crippen LogP contribution in [0.25, 0.3) is 0 Å². The summed E-state index contributed by atoms with van der Waals surface area (Å²) in [5.41, 5.74) is 2.68. The van der Waals surface area contributed by atoms with Gasteiger partial charge < -0.3 is 9.47 Å². The fraction of sp³-hybridized carbons (Fsp3) is 0.600. The molecule has 0 N–H and O–H groups in total. The lowest BCUT2D eigenvalue weighted by Gasteiger charge is -2.13. The summed E-state index contributed by atoms with van der Waals surface area (Å²) in [6, 6.07) is 12.7. The summed E-state index contributed by atoms with van der Waals surface area (Å²) in [5, 5.41) is 0. The second-order valence-corrected chi connectivity index (χ2v) is 10.1. The standard InChI is InChI=1S/C28H42OS2.C2H6O/c1-3-5-7-9-11-13-15-23-17-19-25(27(30)21-23)29-26-20-18-24(22-28(26)31)16-14-12-10-8-6-4-2;1-3-2/h17-22,30-31H,3-16H2,1-2H3;1-2H3. The molecule has 0 aromatic heterocycles. The summed E-state index contributed by atoms with van der Waals surface area (Å²) < 4.78 is 10.4. The highest BCUT2D eigenvalue weighted by molar-refractivity contribution is 7.80. The van der Waals surface area contributed by atoms with Crippen molar-refractivity contribution < 1.29 is 9.47 Å². The smallest absolute Gasteiger partial charge is 0.140 e. The highest BCUT2D eigenvalue weighted by atomic mass is 32.1. The van der Waals surface area contributed by atoms with Gasteiger partial charge in [-0.15, -0.1) is 25.3 Å². The van der Waals surface area contributed by atoms with Crippen LogP contribution in [0.5, 0.6) is 11.5 Å². The number of thiol groups is 2. The largest absolute Gasteiger partial charge is 0.455 e. The number of benzene rings is 2. The van der Waals surface area contributed by atoms with E-state index in [0.717, 1.165) is 34.1 Å². The lowest BCUT2D eigenvalue weighted by atomic mass is 10.0. The fourth-order valence-corrected chi connectivity index (χ4v) is 4.52. The SMILES string of the molecule is CCCCCCCCc1ccc(Oc2ccc(CCCCCCCC)cc2S)c(S)c1.COC. The first-order valence-electron chi connectivity index (χ1n) is 13.3. The van der Waals surface area contributed by atoms with Crippen molar-refractivity contribution in [1.29, 1.82) is 0 Å². The van der Waals surface area contributed by atoms with Crippen molar-refractivity contribution in [1.82, 2.24) is 0 Å². The maximum absolute atomic E-state index is 6.14. The third-order valence-corrected chi connectivity index (χ3v) is 6.60. The lowest BCUT2D eigenvalue weighted by Crippen LogP contribution is -1.92. The first-order valence-corrected chi connectivity index (χ1v) is 14.2. The van der Waals surface area contributed by atoms with E-state index in [4.69, 9.17) is 4.74 Å². The van der Waals surface area contributed by atoms with Crippen LogP contribution in [0.2, 0.25) is 0 Å². The van der Waals surface area contributed by atoms with Crippen LogP contribution in [-0.4, -0.2) is 14.2 Å². The van der Waals surface area contributed by atoms with Gasteiger partial charge in [-0.1, -0.05) is 90.2 Å². The molecule has 0 saturated heterocycles. The topological polar surface area (TPSA) is 18.5 Å². The molecule has 0 saturated carbocycles. The van der Waals surface area contributed by atoms with Crippen molar-refractivity contribution in [2.24, 2.45) is 0 Å². The molecule has 2 rings (SSSR count). The zero-order chi connectivity index (χ0) is 25.0. The lowest BCUT2D eigenvalue weighted by molar-refractivity contribution is 0.277. The molecule has 2 nitrogen and oxygen atoms in total. The Kier molecular flexibility index (Phi) is 18.3. The van der Waals surface area contributed by atoms with Crippen molar-refractivity contribution >= 4 is 25.3 Å². The highest BCUT2D eigenvalue weighted by Crippen LogP contribution is 2.33. The van der Waals surface area contributed by atoms with E-state index in [9.17, 15) is 0 Å². The number of methoxy groups -OCH3 is 1. The summed E-state index contributed by atoms with van der Waals surface area (Å²) >= 11 is 9.35. The summed E-state index contributed by atoms with van der Waals surface area (Å²) in [5.74, 6) is 1.60. The van der Waals surface area contributed by atoms with Crippen LogP contribution in [0.1, 0.15) is 102 Å². The van der Waals surface area contributed by atoms with E-state index >= 15 is 0 Å². The molecule has 0 fully saturated rings. The van der Waals surface area contributed by atoms with Crippen LogP contribution in [-0.2, 0) is 17.6 Å². The minimum Gasteiger partial charge on any atom is -0.455 e. The second kappa shape index (κ2) is 20.1. The van der Waals surface area contributed by atoms with Crippen molar-refractivity contribution in [3.8, 4) is 11.5 Å². The monoisotopic (exact) mass is 504 g/mol. The van der Waals surface area contributed by atoms with Gasteiger partial charge in [-0.2, -0.15) is 0 Å². The van der Waals surface area contributed by atoms with Crippen LogP contribution in [0.3, 0.4) is 0 Å². The maximum atomic E-state index is 6.14. The van der Waals surface area contributed by atoms with Crippen LogP contribution in [0.15, 0.2) is 46.2 Å². The van der Waals surface area contributed by atoms with E-state index in [-0.39, 0.29) is 0 Å². The number of aryl methyl sites for hydroxylation is 2. The molecule has 0 aliphatic carbocycles. The number of hydrogen-bond acceptors (Lipinski definition) is 4. The molecule has 2 aromatic carbocycles. The Morgan fingerprint density at radius 1 is 0.559 bits per heavy atom. The van der Waals surface area contributed by atoms with Gasteiger partial charge in [-0.05, 0) is 61.1 Å². The molecule has 0 aliphatic rings. The van der Waals surface area contributed by atoms with E-state index in [1.165, 1.54) is 88.2 Å². The zero-order valence-corrected chi connectivity index (χ0v) is 23.9. The highest BCUT2D eigenvalue weighted by Gasteiger charge is 2.08. The predicted molar refractivity (Wildman–Crippen MR) is 155 cm³/mol. The number of rotatable bonds is 16. The van der Waals surface area contributed by atoms with Gasteiger partial charge in [0.1, 0.15) is 11.5 Å². The van der Waals surface area contributed by atoms with Gasteiger partial charge in [0.2, 0.25) is 0 Å². The maximum Gasteiger partial charge on any atom is 0.140 e. The average molecular weight is 505 g/mol. The summed E-state index contributed by atoms with van der Waals surface area (Å²) in [4.78, 5) is 1.79. The first-order chi connectivity index (χ1) is 16.5. The quantitative estimate of drug-likeness (QED) is 0.175. The molecule has 0 atom stereocenters. The van der Waals surface area contributed by atoms with Gasteiger partial charge in [0, 0.05) is 24.0 Å². The van der Waals surface area contributed by atoms with Crippen molar-refractivity contribution in [3.63, 3.8) is 0 Å². The Balaban J connectivity index is 0.00000182. The molecule has 4 heteroatoms. The molecule has 0 unspecified atom stereocenters. The molecule has 34 heavy (non-hydrogen) atoms. The van der Waals surface area contributed by atoms with Crippen molar-refractivity contribution in [2.45, 2.75) is 114 Å². The van der Waals surface area contributed by atoms with E-state index in [2.05, 4.69) is 68.1 Å². The third-order valence-electron chi connectivity index (χ3n) is 5.90. The first kappa shape index (κ1) is 30.9. The molecular formula is C30H48O2S2. The number of unbranched alkanes of at least 4 members (excludes halogenated alkanes) is 10. The summed E-state index contributed by atoms with van der Waals surface area (Å²) in [6.07, 6.45) is 18.1. The zero-order valence-electron chi connectivity index (χ0n) is 22.1. The van der Waals surface area contributed by atoms with E-state index < -0.39 is 0 Å². The van der Waals surface area contributed by atoms with Gasteiger partial charge in [-0.25, -0.2) is 0 Å². The van der Waals surface area contributed by atoms with Crippen LogP contribution < -0.4 is 4.74 Å². The number of ether oxygens (including phenoxy) is 2. The Bertz CT molecular complexity index is 713. The number of hydrogen-bond donors (Lipinski definition) is 2. The summed E-state index contributed by atoms with van der Waals surface area (Å²) in [7, 11) is 3.25. The minimum absolute atomic E-state index is 0.800. The Morgan fingerprint density at radius 3 is 1.26 bits per heavy atom. The minimum atomic E-state index is 0.800. The van der Waals surface area contributed by atoms with Gasteiger partial charge in [0.05, 0.1) is 0 Å². The van der Waals surface area contributed by atoms with E-state index in [1.807, 2.05) is 12.1 Å². The third kappa shape index (κ3) is 13.7. The molecule has 0 spiro atoms. The molecular weight excluding hydrogens is 456 g/mol.